The number of hydrogen-bond donors (Lipinski definition) is 0. The lowest BCUT2D eigenvalue weighted by molar-refractivity contribution is 0.584. The Morgan fingerprint density at radius 3 is 2.29 bits per heavy atom. The van der Waals surface area contributed by atoms with Crippen LogP contribution in [0.4, 0.5) is 5.69 Å². The summed E-state index contributed by atoms with van der Waals surface area (Å²) in [5, 5.41) is 0. The standard InChI is InChI=1S/C16H23N/c1-11-16(5,6)13-10-12(15(2,3)4)8-9-14(13)17(11)7/h8-10H,1H2,2-7H3. The molecular weight excluding hydrogens is 206 g/mol. The average Bonchev–Trinajstić information content (AvgIpc) is 2.39. The highest BCUT2D eigenvalue weighted by atomic mass is 15.1. The van der Waals surface area contributed by atoms with Crippen molar-refractivity contribution in [2.45, 2.75) is 45.4 Å². The van der Waals surface area contributed by atoms with E-state index in [4.69, 9.17) is 0 Å². The van der Waals surface area contributed by atoms with Crippen LogP contribution in [0, 0.1) is 0 Å². The molecule has 1 heterocycles. The van der Waals surface area contributed by atoms with Gasteiger partial charge in [-0.05, 0) is 22.6 Å². The second-order valence-corrected chi connectivity index (χ2v) is 6.61. The van der Waals surface area contributed by atoms with Crippen LogP contribution in [0.25, 0.3) is 0 Å². The van der Waals surface area contributed by atoms with Gasteiger partial charge in [-0.25, -0.2) is 0 Å². The maximum Gasteiger partial charge on any atom is 0.0448 e. The summed E-state index contributed by atoms with van der Waals surface area (Å²) in [7, 11) is 2.10. The SMILES string of the molecule is C=C1N(C)c2ccc(C(C)(C)C)cc2C1(C)C. The smallest absolute Gasteiger partial charge is 0.0448 e. The van der Waals surface area contributed by atoms with Gasteiger partial charge in [0.25, 0.3) is 0 Å². The minimum absolute atomic E-state index is 0.0470. The Morgan fingerprint density at radius 1 is 1.18 bits per heavy atom. The van der Waals surface area contributed by atoms with Crippen molar-refractivity contribution in [3.8, 4) is 0 Å². The van der Waals surface area contributed by atoms with Crippen molar-refractivity contribution in [2.24, 2.45) is 0 Å². The van der Waals surface area contributed by atoms with Gasteiger partial charge in [-0.2, -0.15) is 0 Å². The van der Waals surface area contributed by atoms with E-state index in [0.717, 1.165) is 0 Å². The Labute approximate surface area is 105 Å². The molecule has 1 heteroatoms. The number of likely N-dealkylation sites (N-methyl/N-ethyl adjacent to an activating group) is 1. The lowest BCUT2D eigenvalue weighted by atomic mass is 9.80. The summed E-state index contributed by atoms with van der Waals surface area (Å²) in [6.45, 7) is 15.5. The molecule has 1 aliphatic heterocycles. The third-order valence-electron chi connectivity index (χ3n) is 4.02. The van der Waals surface area contributed by atoms with E-state index >= 15 is 0 Å². The number of rotatable bonds is 0. The molecule has 0 atom stereocenters. The molecule has 0 aliphatic carbocycles. The first-order chi connectivity index (χ1) is 7.65. The van der Waals surface area contributed by atoms with Crippen molar-refractivity contribution in [3.05, 3.63) is 41.6 Å². The molecule has 17 heavy (non-hydrogen) atoms. The van der Waals surface area contributed by atoms with Crippen LogP contribution < -0.4 is 4.90 Å². The van der Waals surface area contributed by atoms with Crippen molar-refractivity contribution in [1.29, 1.82) is 0 Å². The van der Waals surface area contributed by atoms with E-state index in [-0.39, 0.29) is 10.8 Å². The minimum atomic E-state index is 0.0470. The number of anilines is 1. The zero-order valence-electron chi connectivity index (χ0n) is 11.9. The topological polar surface area (TPSA) is 3.24 Å². The molecule has 1 aliphatic rings. The molecule has 0 saturated carbocycles. The molecule has 1 aromatic carbocycles. The van der Waals surface area contributed by atoms with Crippen molar-refractivity contribution in [3.63, 3.8) is 0 Å². The van der Waals surface area contributed by atoms with Gasteiger partial charge in [-0.15, -0.1) is 0 Å². The van der Waals surface area contributed by atoms with E-state index in [1.807, 2.05) is 0 Å². The van der Waals surface area contributed by atoms with E-state index in [0.29, 0.717) is 0 Å². The third kappa shape index (κ3) is 1.69. The largest absolute Gasteiger partial charge is 0.348 e. The van der Waals surface area contributed by atoms with Crippen LogP contribution in [0.2, 0.25) is 0 Å². The van der Waals surface area contributed by atoms with E-state index < -0.39 is 0 Å². The Morgan fingerprint density at radius 2 is 1.76 bits per heavy atom. The molecule has 0 N–H and O–H groups in total. The van der Waals surface area contributed by atoms with Crippen LogP contribution in [0.5, 0.6) is 0 Å². The fourth-order valence-corrected chi connectivity index (χ4v) is 2.52. The van der Waals surface area contributed by atoms with Crippen molar-refractivity contribution >= 4 is 5.69 Å². The second-order valence-electron chi connectivity index (χ2n) is 6.61. The highest BCUT2D eigenvalue weighted by Crippen LogP contribution is 2.47. The van der Waals surface area contributed by atoms with Gasteiger partial charge in [-0.3, -0.25) is 0 Å². The summed E-state index contributed by atoms with van der Waals surface area (Å²) in [5.41, 5.74) is 5.52. The van der Waals surface area contributed by atoms with Crippen LogP contribution in [0.15, 0.2) is 30.5 Å². The second kappa shape index (κ2) is 3.38. The van der Waals surface area contributed by atoms with Gasteiger partial charge in [0.15, 0.2) is 0 Å². The molecule has 0 radical (unpaired) electrons. The molecule has 0 bridgehead atoms. The molecule has 92 valence electrons. The monoisotopic (exact) mass is 229 g/mol. The summed E-state index contributed by atoms with van der Waals surface area (Å²) in [6.07, 6.45) is 0. The van der Waals surface area contributed by atoms with Crippen LogP contribution >= 0.6 is 0 Å². The zero-order chi connectivity index (χ0) is 13.0. The van der Waals surface area contributed by atoms with E-state index in [1.165, 1.54) is 22.5 Å². The normalized spacial score (nSPS) is 18.5. The Hall–Kier alpha value is -1.24. The van der Waals surface area contributed by atoms with Gasteiger partial charge >= 0.3 is 0 Å². The Balaban J connectivity index is 2.63. The summed E-state index contributed by atoms with van der Waals surface area (Å²) in [5.74, 6) is 0. The average molecular weight is 229 g/mol. The van der Waals surface area contributed by atoms with Gasteiger partial charge in [0, 0.05) is 23.8 Å². The Bertz CT molecular complexity index is 475. The molecular formula is C16H23N. The lowest BCUT2D eigenvalue weighted by Crippen LogP contribution is -2.21. The molecule has 0 spiro atoms. The van der Waals surface area contributed by atoms with E-state index in [1.54, 1.807) is 0 Å². The molecule has 0 aromatic heterocycles. The molecule has 0 saturated heterocycles. The predicted octanol–water partition coefficient (Wildman–Crippen LogP) is 4.23. The summed E-state index contributed by atoms with van der Waals surface area (Å²) in [6, 6.07) is 6.82. The Kier molecular flexibility index (Phi) is 2.43. The van der Waals surface area contributed by atoms with Crippen molar-refractivity contribution in [1.82, 2.24) is 0 Å². The zero-order valence-corrected chi connectivity index (χ0v) is 11.9. The number of allylic oxidation sites excluding steroid dienone is 1. The number of hydrogen-bond acceptors (Lipinski definition) is 1. The van der Waals surface area contributed by atoms with Gasteiger partial charge < -0.3 is 4.90 Å². The molecule has 1 nitrogen and oxygen atoms in total. The fraction of sp³-hybridized carbons (Fsp3) is 0.500. The van der Waals surface area contributed by atoms with Crippen molar-refractivity contribution < 1.29 is 0 Å². The molecule has 0 amide bonds. The van der Waals surface area contributed by atoms with Crippen LogP contribution in [0.3, 0.4) is 0 Å². The summed E-state index contributed by atoms with van der Waals surface area (Å²) < 4.78 is 0. The molecule has 2 rings (SSSR count). The quantitative estimate of drug-likeness (QED) is 0.643. The minimum Gasteiger partial charge on any atom is -0.348 e. The lowest BCUT2D eigenvalue weighted by Gasteiger charge is -2.24. The number of nitrogens with zero attached hydrogens (tertiary/aromatic N) is 1. The maximum absolute atomic E-state index is 4.22. The van der Waals surface area contributed by atoms with Crippen LogP contribution in [-0.2, 0) is 10.8 Å². The highest BCUT2D eigenvalue weighted by molar-refractivity contribution is 5.70. The number of benzene rings is 1. The van der Waals surface area contributed by atoms with Gasteiger partial charge in [-0.1, -0.05) is 53.3 Å². The third-order valence-corrected chi connectivity index (χ3v) is 4.02. The number of fused-ring (bicyclic) bond motifs is 1. The van der Waals surface area contributed by atoms with Crippen LogP contribution in [-0.4, -0.2) is 7.05 Å². The predicted molar refractivity (Wildman–Crippen MR) is 75.7 cm³/mol. The summed E-state index contributed by atoms with van der Waals surface area (Å²) in [4.78, 5) is 2.21. The van der Waals surface area contributed by atoms with Gasteiger partial charge in [0.1, 0.15) is 0 Å². The first-order valence-corrected chi connectivity index (χ1v) is 6.24. The van der Waals surface area contributed by atoms with Gasteiger partial charge in [0.05, 0.1) is 0 Å². The van der Waals surface area contributed by atoms with E-state index in [9.17, 15) is 0 Å². The first kappa shape index (κ1) is 12.2. The molecule has 0 unspecified atom stereocenters. The molecule has 0 fully saturated rings. The van der Waals surface area contributed by atoms with Crippen molar-refractivity contribution in [2.75, 3.05) is 11.9 Å². The van der Waals surface area contributed by atoms with Gasteiger partial charge in [0.2, 0.25) is 0 Å². The maximum atomic E-state index is 4.22. The van der Waals surface area contributed by atoms with E-state index in [2.05, 4.69) is 71.3 Å². The molecule has 1 aromatic rings. The van der Waals surface area contributed by atoms with Crippen LogP contribution in [0.1, 0.15) is 45.7 Å². The fourth-order valence-electron chi connectivity index (χ4n) is 2.52. The first-order valence-electron chi connectivity index (χ1n) is 6.24. The highest BCUT2D eigenvalue weighted by Gasteiger charge is 2.37. The summed E-state index contributed by atoms with van der Waals surface area (Å²) >= 11 is 0.